The van der Waals surface area contributed by atoms with Gasteiger partial charge in [0.2, 0.25) is 11.8 Å². The Bertz CT molecular complexity index is 698. The number of carbonyl (C=O) groups is 3. The van der Waals surface area contributed by atoms with E-state index in [0.717, 1.165) is 11.1 Å². The molecule has 142 valence electrons. The number of aryl methyl sites for hydroxylation is 2. The summed E-state index contributed by atoms with van der Waals surface area (Å²) in [5, 5.41) is 6.66. The third kappa shape index (κ3) is 7.04. The maximum atomic E-state index is 11.9. The van der Waals surface area contributed by atoms with Crippen molar-refractivity contribution in [1.82, 2.24) is 5.43 Å². The lowest BCUT2D eigenvalue weighted by molar-refractivity contribution is -0.145. The van der Waals surface area contributed by atoms with Crippen molar-refractivity contribution < 1.29 is 19.1 Å². The second-order valence-electron chi connectivity index (χ2n) is 6.11. The largest absolute Gasteiger partial charge is 0.465 e. The zero-order valence-electron chi connectivity index (χ0n) is 16.0. The fourth-order valence-corrected chi connectivity index (χ4v) is 2.01. The van der Waals surface area contributed by atoms with Crippen LogP contribution in [-0.4, -0.2) is 30.1 Å². The third-order valence-corrected chi connectivity index (χ3v) is 3.99. The average molecular weight is 361 g/mol. The number of amides is 2. The number of hydrogen-bond acceptors (Lipinski definition) is 5. The quantitative estimate of drug-likeness (QED) is 0.423. The fourth-order valence-electron chi connectivity index (χ4n) is 2.01. The Morgan fingerprint density at radius 3 is 2.38 bits per heavy atom. The van der Waals surface area contributed by atoms with Crippen LogP contribution in [-0.2, 0) is 19.1 Å². The SMILES string of the molecule is CCOC(=O)C(C)C(C)=NNC(=O)CCC(=O)Nc1ccc(C)c(C)c1. The Morgan fingerprint density at radius 1 is 1.12 bits per heavy atom. The van der Waals surface area contributed by atoms with E-state index in [4.69, 9.17) is 4.74 Å². The minimum Gasteiger partial charge on any atom is -0.465 e. The topological polar surface area (TPSA) is 96.9 Å². The molecule has 0 saturated heterocycles. The van der Waals surface area contributed by atoms with Crippen molar-refractivity contribution in [2.45, 2.75) is 47.5 Å². The molecule has 0 radical (unpaired) electrons. The van der Waals surface area contributed by atoms with Gasteiger partial charge in [-0.2, -0.15) is 5.10 Å². The molecule has 0 fully saturated rings. The molecule has 0 aliphatic carbocycles. The number of carbonyl (C=O) groups excluding carboxylic acids is 3. The van der Waals surface area contributed by atoms with Crippen LogP contribution < -0.4 is 10.7 Å². The molecule has 1 aromatic carbocycles. The molecule has 1 rings (SSSR count). The Morgan fingerprint density at radius 2 is 1.77 bits per heavy atom. The van der Waals surface area contributed by atoms with Crippen molar-refractivity contribution in [1.29, 1.82) is 0 Å². The molecule has 1 atom stereocenters. The van der Waals surface area contributed by atoms with Gasteiger partial charge in [0.25, 0.3) is 0 Å². The van der Waals surface area contributed by atoms with Gasteiger partial charge in [0.15, 0.2) is 0 Å². The van der Waals surface area contributed by atoms with Gasteiger partial charge in [0, 0.05) is 24.2 Å². The number of hydrazone groups is 1. The minimum absolute atomic E-state index is 0.00123. The van der Waals surface area contributed by atoms with Crippen LogP contribution in [0.25, 0.3) is 0 Å². The second kappa shape index (κ2) is 10.3. The summed E-state index contributed by atoms with van der Waals surface area (Å²) in [7, 11) is 0. The van der Waals surface area contributed by atoms with Gasteiger partial charge < -0.3 is 10.1 Å². The highest BCUT2D eigenvalue weighted by Gasteiger charge is 2.17. The Hall–Kier alpha value is -2.70. The zero-order valence-corrected chi connectivity index (χ0v) is 16.0. The summed E-state index contributed by atoms with van der Waals surface area (Å²) in [5.41, 5.74) is 5.73. The Kier molecular flexibility index (Phi) is 8.48. The van der Waals surface area contributed by atoms with E-state index in [1.165, 1.54) is 0 Å². The van der Waals surface area contributed by atoms with Crippen molar-refractivity contribution in [2.75, 3.05) is 11.9 Å². The van der Waals surface area contributed by atoms with Crippen LogP contribution in [0.5, 0.6) is 0 Å². The lowest BCUT2D eigenvalue weighted by atomic mass is 10.1. The molecule has 26 heavy (non-hydrogen) atoms. The third-order valence-electron chi connectivity index (χ3n) is 3.99. The van der Waals surface area contributed by atoms with Crippen molar-refractivity contribution in [3.8, 4) is 0 Å². The molecule has 0 bridgehead atoms. The summed E-state index contributed by atoms with van der Waals surface area (Å²) in [5.74, 6) is -1.57. The van der Waals surface area contributed by atoms with Gasteiger partial charge in [0.1, 0.15) is 0 Å². The number of hydrogen-bond donors (Lipinski definition) is 2. The molecule has 0 spiro atoms. The molecule has 0 aliphatic heterocycles. The summed E-state index contributed by atoms with van der Waals surface area (Å²) in [6.45, 7) is 9.27. The number of nitrogens with zero attached hydrogens (tertiary/aromatic N) is 1. The smallest absolute Gasteiger partial charge is 0.314 e. The van der Waals surface area contributed by atoms with E-state index >= 15 is 0 Å². The molecule has 0 aromatic heterocycles. The van der Waals surface area contributed by atoms with Crippen LogP contribution in [0.3, 0.4) is 0 Å². The lowest BCUT2D eigenvalue weighted by Crippen LogP contribution is -2.26. The monoisotopic (exact) mass is 361 g/mol. The number of esters is 1. The fraction of sp³-hybridized carbons (Fsp3) is 0.474. The van der Waals surface area contributed by atoms with E-state index in [1.54, 1.807) is 20.8 Å². The standard InChI is InChI=1S/C19H27N3O4/c1-6-26-19(25)14(4)15(5)21-22-18(24)10-9-17(23)20-16-8-7-12(2)13(3)11-16/h7-8,11,14H,6,9-10H2,1-5H3,(H,20,23)(H,22,24). The van der Waals surface area contributed by atoms with Gasteiger partial charge in [-0.05, 0) is 57.9 Å². The minimum atomic E-state index is -0.539. The molecule has 1 unspecified atom stereocenters. The molecule has 2 N–H and O–H groups in total. The predicted molar refractivity (Wildman–Crippen MR) is 101 cm³/mol. The van der Waals surface area contributed by atoms with Crippen LogP contribution in [0.4, 0.5) is 5.69 Å². The van der Waals surface area contributed by atoms with Gasteiger partial charge in [-0.15, -0.1) is 0 Å². The highest BCUT2D eigenvalue weighted by molar-refractivity contribution is 6.01. The highest BCUT2D eigenvalue weighted by Crippen LogP contribution is 2.14. The van der Waals surface area contributed by atoms with Gasteiger partial charge in [-0.3, -0.25) is 14.4 Å². The molecular weight excluding hydrogens is 334 g/mol. The summed E-state index contributed by atoms with van der Waals surface area (Å²) in [6, 6.07) is 5.64. The van der Waals surface area contributed by atoms with Crippen LogP contribution in [0.1, 0.15) is 44.7 Å². The van der Waals surface area contributed by atoms with E-state index in [1.807, 2.05) is 32.0 Å². The molecule has 0 aliphatic rings. The maximum Gasteiger partial charge on any atom is 0.314 e. The van der Waals surface area contributed by atoms with Crippen molar-refractivity contribution in [2.24, 2.45) is 11.0 Å². The summed E-state index contributed by atoms with van der Waals surface area (Å²) >= 11 is 0. The normalized spacial score (nSPS) is 12.3. The number of nitrogens with one attached hydrogen (secondary N) is 2. The molecular formula is C19H27N3O4. The van der Waals surface area contributed by atoms with E-state index in [0.29, 0.717) is 18.0 Å². The summed E-state index contributed by atoms with van der Waals surface area (Å²) < 4.78 is 4.90. The van der Waals surface area contributed by atoms with Gasteiger partial charge in [0.05, 0.1) is 12.5 Å². The van der Waals surface area contributed by atoms with E-state index in [2.05, 4.69) is 15.8 Å². The van der Waals surface area contributed by atoms with E-state index in [9.17, 15) is 14.4 Å². The average Bonchev–Trinajstić information content (AvgIpc) is 2.60. The number of benzene rings is 1. The highest BCUT2D eigenvalue weighted by atomic mass is 16.5. The van der Waals surface area contributed by atoms with Crippen molar-refractivity contribution >= 4 is 29.2 Å². The molecule has 7 heteroatoms. The van der Waals surface area contributed by atoms with Crippen molar-refractivity contribution in [3.63, 3.8) is 0 Å². The number of ether oxygens (including phenoxy) is 1. The molecule has 2 amide bonds. The summed E-state index contributed by atoms with van der Waals surface area (Å²) in [6.07, 6.45) is 0.0436. The first-order valence-corrected chi connectivity index (χ1v) is 8.61. The zero-order chi connectivity index (χ0) is 19.7. The van der Waals surface area contributed by atoms with Crippen LogP contribution >= 0.6 is 0 Å². The Labute approximate surface area is 154 Å². The first kappa shape index (κ1) is 21.3. The predicted octanol–water partition coefficient (Wildman–Crippen LogP) is 2.71. The summed E-state index contributed by atoms with van der Waals surface area (Å²) in [4.78, 5) is 35.3. The molecule has 0 saturated carbocycles. The molecule has 1 aromatic rings. The van der Waals surface area contributed by atoms with E-state index < -0.39 is 17.8 Å². The van der Waals surface area contributed by atoms with Gasteiger partial charge >= 0.3 is 5.97 Å². The van der Waals surface area contributed by atoms with Crippen LogP contribution in [0, 0.1) is 19.8 Å². The number of rotatable bonds is 8. The van der Waals surface area contributed by atoms with Gasteiger partial charge in [-0.25, -0.2) is 5.43 Å². The molecule has 0 heterocycles. The van der Waals surface area contributed by atoms with E-state index in [-0.39, 0.29) is 18.7 Å². The van der Waals surface area contributed by atoms with Crippen LogP contribution in [0.15, 0.2) is 23.3 Å². The second-order valence-corrected chi connectivity index (χ2v) is 6.11. The first-order chi connectivity index (χ1) is 12.2. The maximum absolute atomic E-state index is 11.9. The van der Waals surface area contributed by atoms with Gasteiger partial charge in [-0.1, -0.05) is 6.07 Å². The first-order valence-electron chi connectivity index (χ1n) is 8.61. The lowest BCUT2D eigenvalue weighted by Gasteiger charge is -2.10. The van der Waals surface area contributed by atoms with Crippen molar-refractivity contribution in [3.05, 3.63) is 29.3 Å². The van der Waals surface area contributed by atoms with Crippen LogP contribution in [0.2, 0.25) is 0 Å². The molecule has 7 nitrogen and oxygen atoms in total. The Balaban J connectivity index is 2.43. The number of anilines is 1.